The van der Waals surface area contributed by atoms with Crippen molar-refractivity contribution in [2.75, 3.05) is 34.3 Å². The molecule has 0 amide bonds. The number of carbonyl (C=O) groups is 1. The van der Waals surface area contributed by atoms with Crippen molar-refractivity contribution in [1.82, 2.24) is 10.2 Å². The summed E-state index contributed by atoms with van der Waals surface area (Å²) in [5.41, 5.74) is 0.0553. The van der Waals surface area contributed by atoms with Crippen molar-refractivity contribution in [2.45, 2.75) is 19.4 Å². The molecule has 0 aliphatic carbocycles. The number of rotatable bonds is 6. The van der Waals surface area contributed by atoms with E-state index in [1.165, 1.54) is 13.2 Å². The fourth-order valence-electron chi connectivity index (χ4n) is 1.93. The standard InChI is InChI=1S/C15H23FN2O2/c1-11-6-7-12(10-13(11)16)15(2,14(19)20-5)17-8-9-18(3)4/h6-7,10,17H,8-9H2,1-5H3. The Hall–Kier alpha value is -1.46. The van der Waals surface area contributed by atoms with Crippen LogP contribution in [0.25, 0.3) is 0 Å². The van der Waals surface area contributed by atoms with Crippen LogP contribution >= 0.6 is 0 Å². The summed E-state index contributed by atoms with van der Waals surface area (Å²) in [4.78, 5) is 14.1. The zero-order valence-electron chi connectivity index (χ0n) is 12.8. The molecule has 0 spiro atoms. The highest BCUT2D eigenvalue weighted by molar-refractivity contribution is 5.82. The maximum atomic E-state index is 13.7. The predicted octanol–water partition coefficient (Wildman–Crippen LogP) is 1.67. The average Bonchev–Trinajstić information content (AvgIpc) is 2.40. The van der Waals surface area contributed by atoms with Gasteiger partial charge in [0.15, 0.2) is 0 Å². The molecule has 1 aromatic carbocycles. The molecular weight excluding hydrogens is 259 g/mol. The Labute approximate surface area is 119 Å². The molecule has 0 radical (unpaired) electrons. The van der Waals surface area contributed by atoms with Gasteiger partial charge in [0.1, 0.15) is 11.4 Å². The molecular formula is C15H23FN2O2. The van der Waals surface area contributed by atoms with Crippen LogP contribution in [-0.4, -0.2) is 45.2 Å². The van der Waals surface area contributed by atoms with Crippen LogP contribution < -0.4 is 5.32 Å². The van der Waals surface area contributed by atoms with E-state index in [1.54, 1.807) is 26.0 Å². The summed E-state index contributed by atoms with van der Waals surface area (Å²) in [7, 11) is 5.23. The summed E-state index contributed by atoms with van der Waals surface area (Å²) in [6.07, 6.45) is 0. The van der Waals surface area contributed by atoms with Gasteiger partial charge < -0.3 is 9.64 Å². The van der Waals surface area contributed by atoms with Gasteiger partial charge in [0, 0.05) is 13.1 Å². The zero-order valence-corrected chi connectivity index (χ0v) is 12.8. The second kappa shape index (κ2) is 6.81. The van der Waals surface area contributed by atoms with E-state index in [-0.39, 0.29) is 5.82 Å². The van der Waals surface area contributed by atoms with Gasteiger partial charge in [-0.05, 0) is 45.1 Å². The third-order valence-electron chi connectivity index (χ3n) is 3.38. The third-order valence-corrected chi connectivity index (χ3v) is 3.38. The van der Waals surface area contributed by atoms with E-state index < -0.39 is 11.5 Å². The summed E-state index contributed by atoms with van der Waals surface area (Å²) >= 11 is 0. The van der Waals surface area contributed by atoms with Crippen molar-refractivity contribution >= 4 is 5.97 Å². The molecule has 112 valence electrons. The van der Waals surface area contributed by atoms with Crippen LogP contribution in [0.5, 0.6) is 0 Å². The molecule has 0 aliphatic heterocycles. The monoisotopic (exact) mass is 282 g/mol. The van der Waals surface area contributed by atoms with Crippen LogP contribution in [0.3, 0.4) is 0 Å². The summed E-state index contributed by atoms with van der Waals surface area (Å²) in [6, 6.07) is 4.80. The molecule has 4 nitrogen and oxygen atoms in total. The first-order chi connectivity index (χ1) is 9.31. The van der Waals surface area contributed by atoms with Crippen molar-refractivity contribution < 1.29 is 13.9 Å². The fraction of sp³-hybridized carbons (Fsp3) is 0.533. The van der Waals surface area contributed by atoms with E-state index in [4.69, 9.17) is 4.74 Å². The molecule has 5 heteroatoms. The number of ether oxygens (including phenoxy) is 1. The van der Waals surface area contributed by atoms with Crippen molar-refractivity contribution in [2.24, 2.45) is 0 Å². The lowest BCUT2D eigenvalue weighted by Gasteiger charge is -2.29. The van der Waals surface area contributed by atoms with E-state index in [1.807, 2.05) is 19.0 Å². The minimum absolute atomic E-state index is 0.327. The molecule has 0 aliphatic rings. The number of hydrogen-bond acceptors (Lipinski definition) is 4. The Morgan fingerprint density at radius 3 is 2.60 bits per heavy atom. The molecule has 0 saturated heterocycles. The van der Waals surface area contributed by atoms with Gasteiger partial charge >= 0.3 is 5.97 Å². The predicted molar refractivity (Wildman–Crippen MR) is 77.1 cm³/mol. The summed E-state index contributed by atoms with van der Waals surface area (Å²) in [6.45, 7) is 4.75. The topological polar surface area (TPSA) is 41.6 Å². The Bertz CT molecular complexity index is 477. The number of esters is 1. The molecule has 0 bridgehead atoms. The molecule has 0 fully saturated rings. The molecule has 1 aromatic rings. The van der Waals surface area contributed by atoms with E-state index in [9.17, 15) is 9.18 Å². The van der Waals surface area contributed by atoms with E-state index in [2.05, 4.69) is 5.32 Å². The molecule has 1 N–H and O–H groups in total. The minimum atomic E-state index is -1.06. The number of aryl methyl sites for hydroxylation is 1. The van der Waals surface area contributed by atoms with Crippen molar-refractivity contribution in [3.8, 4) is 0 Å². The highest BCUT2D eigenvalue weighted by atomic mass is 19.1. The summed E-state index contributed by atoms with van der Waals surface area (Å²) in [5.74, 6) is -0.758. The van der Waals surface area contributed by atoms with Gasteiger partial charge in [0.2, 0.25) is 0 Å². The van der Waals surface area contributed by atoms with Crippen LogP contribution in [-0.2, 0) is 15.1 Å². The number of likely N-dealkylation sites (N-methyl/N-ethyl adjacent to an activating group) is 1. The van der Waals surface area contributed by atoms with Crippen LogP contribution in [0.15, 0.2) is 18.2 Å². The molecule has 1 unspecified atom stereocenters. The Morgan fingerprint density at radius 1 is 1.45 bits per heavy atom. The van der Waals surface area contributed by atoms with Gasteiger partial charge in [0.05, 0.1) is 7.11 Å². The number of hydrogen-bond donors (Lipinski definition) is 1. The SMILES string of the molecule is COC(=O)C(C)(NCCN(C)C)c1ccc(C)c(F)c1. The quantitative estimate of drug-likeness (QED) is 0.806. The normalized spacial score (nSPS) is 14.2. The lowest BCUT2D eigenvalue weighted by atomic mass is 9.91. The highest BCUT2D eigenvalue weighted by Crippen LogP contribution is 2.24. The fourth-order valence-corrected chi connectivity index (χ4v) is 1.93. The first kappa shape index (κ1) is 16.6. The number of nitrogens with zero attached hydrogens (tertiary/aromatic N) is 1. The first-order valence-corrected chi connectivity index (χ1v) is 6.56. The number of nitrogens with one attached hydrogen (secondary N) is 1. The first-order valence-electron chi connectivity index (χ1n) is 6.56. The maximum absolute atomic E-state index is 13.7. The zero-order chi connectivity index (χ0) is 15.3. The van der Waals surface area contributed by atoms with Crippen LogP contribution in [0.4, 0.5) is 4.39 Å². The maximum Gasteiger partial charge on any atom is 0.330 e. The number of methoxy groups -OCH3 is 1. The van der Waals surface area contributed by atoms with Gasteiger partial charge in [-0.15, -0.1) is 0 Å². The number of benzene rings is 1. The van der Waals surface area contributed by atoms with Crippen molar-refractivity contribution in [1.29, 1.82) is 0 Å². The smallest absolute Gasteiger partial charge is 0.330 e. The second-order valence-corrected chi connectivity index (χ2v) is 5.31. The van der Waals surface area contributed by atoms with Gasteiger partial charge in [-0.2, -0.15) is 0 Å². The molecule has 0 heterocycles. The van der Waals surface area contributed by atoms with Crippen LogP contribution in [0, 0.1) is 12.7 Å². The van der Waals surface area contributed by atoms with Crippen LogP contribution in [0.1, 0.15) is 18.1 Å². The average molecular weight is 282 g/mol. The van der Waals surface area contributed by atoms with Gasteiger partial charge in [-0.3, -0.25) is 5.32 Å². The van der Waals surface area contributed by atoms with Gasteiger partial charge in [0.25, 0.3) is 0 Å². The van der Waals surface area contributed by atoms with E-state index in [0.29, 0.717) is 17.7 Å². The van der Waals surface area contributed by atoms with Crippen LogP contribution in [0.2, 0.25) is 0 Å². The molecule has 0 saturated carbocycles. The lowest BCUT2D eigenvalue weighted by Crippen LogP contribution is -2.49. The highest BCUT2D eigenvalue weighted by Gasteiger charge is 2.36. The molecule has 1 atom stereocenters. The van der Waals surface area contributed by atoms with E-state index >= 15 is 0 Å². The van der Waals surface area contributed by atoms with Crippen molar-refractivity contribution in [3.05, 3.63) is 35.1 Å². The number of halogens is 1. The molecule has 0 aromatic heterocycles. The Morgan fingerprint density at radius 2 is 2.10 bits per heavy atom. The minimum Gasteiger partial charge on any atom is -0.467 e. The van der Waals surface area contributed by atoms with Gasteiger partial charge in [-0.25, -0.2) is 9.18 Å². The number of carbonyl (C=O) groups excluding carboxylic acids is 1. The Balaban J connectivity index is 3.03. The largest absolute Gasteiger partial charge is 0.467 e. The Kier molecular flexibility index (Phi) is 5.65. The molecule has 1 rings (SSSR count). The lowest BCUT2D eigenvalue weighted by molar-refractivity contribution is -0.148. The summed E-state index contributed by atoms with van der Waals surface area (Å²) in [5, 5.41) is 3.16. The summed E-state index contributed by atoms with van der Waals surface area (Å²) < 4.78 is 18.6. The third kappa shape index (κ3) is 3.77. The second-order valence-electron chi connectivity index (χ2n) is 5.31. The molecule has 20 heavy (non-hydrogen) atoms. The van der Waals surface area contributed by atoms with Crippen molar-refractivity contribution in [3.63, 3.8) is 0 Å². The van der Waals surface area contributed by atoms with Gasteiger partial charge in [-0.1, -0.05) is 12.1 Å². The van der Waals surface area contributed by atoms with E-state index in [0.717, 1.165) is 6.54 Å².